The summed E-state index contributed by atoms with van der Waals surface area (Å²) in [7, 11) is 1.97. The molecule has 1 aromatic carbocycles. The topological polar surface area (TPSA) is 67.2 Å². The molecule has 3 rings (SSSR count). The minimum atomic E-state index is -0.444. The number of aromatic nitrogens is 2. The quantitative estimate of drug-likeness (QED) is 0.912. The minimum Gasteiger partial charge on any atom is -0.345 e. The number of hydrogen-bond donors (Lipinski definition) is 1. The number of nitrogens with zero attached hydrogens (tertiary/aromatic N) is 3. The van der Waals surface area contributed by atoms with Crippen molar-refractivity contribution in [3.05, 3.63) is 41.6 Å². The van der Waals surface area contributed by atoms with Crippen molar-refractivity contribution in [2.75, 3.05) is 13.1 Å². The summed E-state index contributed by atoms with van der Waals surface area (Å²) in [6.45, 7) is 4.66. The summed E-state index contributed by atoms with van der Waals surface area (Å²) in [6.07, 6.45) is 2.14. The molecule has 1 N–H and O–H groups in total. The van der Waals surface area contributed by atoms with Crippen molar-refractivity contribution in [2.24, 2.45) is 7.05 Å². The van der Waals surface area contributed by atoms with Crippen LogP contribution in [0.5, 0.6) is 0 Å². The van der Waals surface area contributed by atoms with Gasteiger partial charge in [-0.1, -0.05) is 37.3 Å². The zero-order valence-electron chi connectivity index (χ0n) is 15.7. The first-order chi connectivity index (χ1) is 12.5. The van der Waals surface area contributed by atoms with Crippen LogP contribution in [-0.2, 0) is 29.5 Å². The molecule has 0 saturated heterocycles. The molecule has 6 heteroatoms. The van der Waals surface area contributed by atoms with Crippen LogP contribution in [0.25, 0.3) is 11.3 Å². The van der Waals surface area contributed by atoms with Crippen LogP contribution in [0.2, 0.25) is 0 Å². The van der Waals surface area contributed by atoms with Gasteiger partial charge in [0.05, 0.1) is 5.69 Å². The molecule has 1 aromatic heterocycles. The summed E-state index contributed by atoms with van der Waals surface area (Å²) in [6, 6.07) is 9.73. The molecule has 1 aliphatic heterocycles. The van der Waals surface area contributed by atoms with Crippen LogP contribution in [0.15, 0.2) is 30.3 Å². The Morgan fingerprint density at radius 2 is 1.88 bits per heavy atom. The zero-order valence-corrected chi connectivity index (χ0v) is 15.7. The van der Waals surface area contributed by atoms with E-state index < -0.39 is 6.04 Å². The monoisotopic (exact) mass is 354 g/mol. The molecule has 2 aromatic rings. The summed E-state index contributed by atoms with van der Waals surface area (Å²) in [5, 5.41) is 7.48. The van der Waals surface area contributed by atoms with Crippen molar-refractivity contribution < 1.29 is 9.59 Å². The van der Waals surface area contributed by atoms with E-state index in [1.807, 2.05) is 41.8 Å². The van der Waals surface area contributed by atoms with E-state index in [1.165, 1.54) is 18.2 Å². The van der Waals surface area contributed by atoms with Gasteiger partial charge in [0.25, 0.3) is 0 Å². The first-order valence-electron chi connectivity index (χ1n) is 9.17. The van der Waals surface area contributed by atoms with Gasteiger partial charge in [-0.25, -0.2) is 0 Å². The van der Waals surface area contributed by atoms with E-state index in [0.717, 1.165) is 24.1 Å². The second-order valence-corrected chi connectivity index (χ2v) is 6.75. The average molecular weight is 354 g/mol. The molecule has 0 aliphatic carbocycles. The lowest BCUT2D eigenvalue weighted by molar-refractivity contribution is -0.136. The lowest BCUT2D eigenvalue weighted by Gasteiger charge is -2.26. The van der Waals surface area contributed by atoms with Gasteiger partial charge in [-0.2, -0.15) is 5.10 Å². The number of aryl methyl sites for hydroxylation is 1. The van der Waals surface area contributed by atoms with Gasteiger partial charge in [-0.15, -0.1) is 0 Å². The zero-order chi connectivity index (χ0) is 18.7. The number of hydrogen-bond acceptors (Lipinski definition) is 3. The van der Waals surface area contributed by atoms with Crippen molar-refractivity contribution in [3.63, 3.8) is 0 Å². The van der Waals surface area contributed by atoms with Crippen LogP contribution in [0.1, 0.15) is 31.5 Å². The van der Waals surface area contributed by atoms with Crippen LogP contribution in [0.3, 0.4) is 0 Å². The number of carbonyl (C=O) groups excluding carboxylic acids is 2. The number of carbonyl (C=O) groups is 2. The Balaban J connectivity index is 1.81. The third kappa shape index (κ3) is 3.64. The molecule has 0 saturated carbocycles. The van der Waals surface area contributed by atoms with Crippen molar-refractivity contribution >= 4 is 11.8 Å². The van der Waals surface area contributed by atoms with Gasteiger partial charge < -0.3 is 10.2 Å². The number of benzene rings is 1. The van der Waals surface area contributed by atoms with Gasteiger partial charge in [0.2, 0.25) is 11.8 Å². The van der Waals surface area contributed by atoms with E-state index >= 15 is 0 Å². The van der Waals surface area contributed by atoms with Crippen LogP contribution in [0, 0.1) is 0 Å². The van der Waals surface area contributed by atoms with Crippen molar-refractivity contribution in [1.29, 1.82) is 0 Å². The lowest BCUT2D eigenvalue weighted by Crippen LogP contribution is -2.48. The highest BCUT2D eigenvalue weighted by Gasteiger charge is 2.28. The fraction of sp³-hybridized carbons (Fsp3) is 0.450. The van der Waals surface area contributed by atoms with Crippen molar-refractivity contribution in [1.82, 2.24) is 20.0 Å². The number of nitrogens with one attached hydrogen (secondary N) is 1. The first kappa shape index (κ1) is 18.2. The average Bonchev–Trinajstić information content (AvgIpc) is 2.82. The van der Waals surface area contributed by atoms with Gasteiger partial charge in [0.1, 0.15) is 6.04 Å². The molecule has 26 heavy (non-hydrogen) atoms. The van der Waals surface area contributed by atoms with Gasteiger partial charge in [-0.3, -0.25) is 14.3 Å². The normalized spacial score (nSPS) is 15.1. The summed E-state index contributed by atoms with van der Waals surface area (Å²) in [5.74, 6) is -0.163. The fourth-order valence-electron chi connectivity index (χ4n) is 3.63. The third-order valence-corrected chi connectivity index (χ3v) is 4.97. The smallest absolute Gasteiger partial charge is 0.245 e. The Hall–Kier alpha value is -2.63. The largest absolute Gasteiger partial charge is 0.345 e. The van der Waals surface area contributed by atoms with Crippen molar-refractivity contribution in [2.45, 2.75) is 39.2 Å². The van der Waals surface area contributed by atoms with Crippen LogP contribution in [-0.4, -0.2) is 45.6 Å². The van der Waals surface area contributed by atoms with Crippen LogP contribution >= 0.6 is 0 Å². The maximum absolute atomic E-state index is 12.8. The molecule has 0 fully saturated rings. The fourth-order valence-corrected chi connectivity index (χ4v) is 3.63. The van der Waals surface area contributed by atoms with E-state index in [-0.39, 0.29) is 11.8 Å². The number of amides is 2. The number of rotatable bonds is 4. The Bertz CT molecular complexity index is 798. The van der Waals surface area contributed by atoms with Gasteiger partial charge >= 0.3 is 0 Å². The molecule has 1 aliphatic rings. The highest BCUT2D eigenvalue weighted by molar-refractivity contribution is 5.87. The molecule has 6 nitrogen and oxygen atoms in total. The van der Waals surface area contributed by atoms with Gasteiger partial charge in [0.15, 0.2) is 0 Å². The standard InChI is InChI=1S/C20H26N4O2/c1-4-17(21-14(2)25)20(26)24-12-10-16-18(11-13-24)23(3)22-19(16)15-8-6-5-7-9-15/h5-9,17H,4,10-13H2,1-3H3,(H,21,25). The molecule has 1 atom stereocenters. The molecule has 0 spiro atoms. The molecule has 0 bridgehead atoms. The van der Waals surface area contributed by atoms with Crippen molar-refractivity contribution in [3.8, 4) is 11.3 Å². The van der Waals surface area contributed by atoms with E-state index in [4.69, 9.17) is 5.10 Å². The summed E-state index contributed by atoms with van der Waals surface area (Å²) in [5.41, 5.74) is 4.52. The van der Waals surface area contributed by atoms with E-state index in [0.29, 0.717) is 19.5 Å². The van der Waals surface area contributed by atoms with Crippen LogP contribution < -0.4 is 5.32 Å². The Kier molecular flexibility index (Phi) is 5.40. The molecular formula is C20H26N4O2. The Morgan fingerprint density at radius 3 is 2.54 bits per heavy atom. The van der Waals surface area contributed by atoms with Crippen LogP contribution in [0.4, 0.5) is 0 Å². The molecule has 1 unspecified atom stereocenters. The Morgan fingerprint density at radius 1 is 1.19 bits per heavy atom. The maximum atomic E-state index is 12.8. The molecule has 0 radical (unpaired) electrons. The number of fused-ring (bicyclic) bond motifs is 1. The summed E-state index contributed by atoms with van der Waals surface area (Å²) in [4.78, 5) is 26.1. The van der Waals surface area contributed by atoms with Gasteiger partial charge in [0, 0.05) is 50.3 Å². The second kappa shape index (κ2) is 7.72. The Labute approximate surface area is 154 Å². The molecule has 138 valence electrons. The van der Waals surface area contributed by atoms with E-state index in [9.17, 15) is 9.59 Å². The van der Waals surface area contributed by atoms with Gasteiger partial charge in [-0.05, 0) is 12.8 Å². The summed E-state index contributed by atoms with van der Waals surface area (Å²) < 4.78 is 1.94. The lowest BCUT2D eigenvalue weighted by atomic mass is 10.0. The maximum Gasteiger partial charge on any atom is 0.245 e. The molecule has 2 amide bonds. The predicted octanol–water partition coefficient (Wildman–Crippen LogP) is 1.93. The predicted molar refractivity (Wildman–Crippen MR) is 101 cm³/mol. The molecule has 2 heterocycles. The summed E-state index contributed by atoms with van der Waals surface area (Å²) >= 11 is 0. The molecular weight excluding hydrogens is 328 g/mol. The van der Waals surface area contributed by atoms with E-state index in [2.05, 4.69) is 17.4 Å². The highest BCUT2D eigenvalue weighted by Crippen LogP contribution is 2.28. The third-order valence-electron chi connectivity index (χ3n) is 4.97. The second-order valence-electron chi connectivity index (χ2n) is 6.75. The SMILES string of the molecule is CCC(NC(C)=O)C(=O)N1CCc2c(-c3ccccc3)nn(C)c2CC1. The minimum absolute atomic E-state index is 0.00438. The first-order valence-corrected chi connectivity index (χ1v) is 9.17. The van der Waals surface area contributed by atoms with E-state index in [1.54, 1.807) is 0 Å². The highest BCUT2D eigenvalue weighted by atomic mass is 16.2.